The zero-order chi connectivity index (χ0) is 15.4. The summed E-state index contributed by atoms with van der Waals surface area (Å²) in [6.45, 7) is 6.13. The molecule has 1 saturated heterocycles. The van der Waals surface area contributed by atoms with Crippen molar-refractivity contribution in [2.24, 2.45) is 5.92 Å². The number of nitrogens with one attached hydrogen (secondary N) is 1. The van der Waals surface area contributed by atoms with Gasteiger partial charge in [-0.05, 0) is 75.7 Å². The van der Waals surface area contributed by atoms with E-state index in [1.54, 1.807) is 0 Å². The van der Waals surface area contributed by atoms with E-state index >= 15 is 0 Å². The molecule has 1 aromatic rings. The van der Waals surface area contributed by atoms with Crippen molar-refractivity contribution in [3.63, 3.8) is 0 Å². The molecular weight excluding hydrogens is 272 g/mol. The largest absolute Gasteiger partial charge is 0.392 e. The molecule has 1 fully saturated rings. The summed E-state index contributed by atoms with van der Waals surface area (Å²) in [5, 5.41) is 13.3. The third-order valence-corrected chi connectivity index (χ3v) is 5.25. The monoisotopic (exact) mass is 302 g/mol. The van der Waals surface area contributed by atoms with Gasteiger partial charge >= 0.3 is 0 Å². The van der Waals surface area contributed by atoms with Gasteiger partial charge < -0.3 is 15.3 Å². The van der Waals surface area contributed by atoms with Gasteiger partial charge in [0.1, 0.15) is 0 Å². The molecule has 2 aliphatic rings. The first-order valence-electron chi connectivity index (χ1n) is 8.94. The third kappa shape index (κ3) is 4.09. The van der Waals surface area contributed by atoms with Crippen molar-refractivity contribution in [1.82, 2.24) is 10.2 Å². The molecule has 1 aliphatic carbocycles. The van der Waals surface area contributed by atoms with Crippen molar-refractivity contribution in [2.45, 2.75) is 51.2 Å². The molecule has 1 aliphatic heterocycles. The molecule has 0 radical (unpaired) electrons. The number of benzene rings is 1. The molecule has 1 heterocycles. The lowest BCUT2D eigenvalue weighted by Gasteiger charge is -2.34. The summed E-state index contributed by atoms with van der Waals surface area (Å²) in [5.74, 6) is 0.791. The number of nitrogens with zero attached hydrogens (tertiary/aromatic N) is 1. The number of likely N-dealkylation sites (tertiary alicyclic amines) is 1. The average molecular weight is 302 g/mol. The second-order valence-corrected chi connectivity index (χ2v) is 7.14. The molecule has 3 nitrogen and oxygen atoms in total. The van der Waals surface area contributed by atoms with E-state index in [2.05, 4.69) is 34.5 Å². The SMILES string of the molecule is C[C@@H](O)CN1CCC(CN[C@H]2CCCc3ccccc32)CC1. The number of fused-ring (bicyclic) bond motifs is 1. The summed E-state index contributed by atoms with van der Waals surface area (Å²) in [5.41, 5.74) is 3.07. The molecule has 0 unspecified atom stereocenters. The fraction of sp³-hybridized carbons (Fsp3) is 0.684. The molecule has 0 aromatic heterocycles. The van der Waals surface area contributed by atoms with Gasteiger partial charge in [-0.2, -0.15) is 0 Å². The van der Waals surface area contributed by atoms with Crippen LogP contribution in [0.15, 0.2) is 24.3 Å². The van der Waals surface area contributed by atoms with Crippen molar-refractivity contribution in [3.05, 3.63) is 35.4 Å². The summed E-state index contributed by atoms with van der Waals surface area (Å²) in [4.78, 5) is 2.40. The molecule has 2 N–H and O–H groups in total. The Balaban J connectivity index is 1.46. The Bertz CT molecular complexity index is 466. The second-order valence-electron chi connectivity index (χ2n) is 7.14. The van der Waals surface area contributed by atoms with Crippen LogP contribution in [0.1, 0.15) is 49.8 Å². The van der Waals surface area contributed by atoms with Crippen LogP contribution in [0.3, 0.4) is 0 Å². The predicted molar refractivity (Wildman–Crippen MR) is 91.0 cm³/mol. The number of aryl methyl sites for hydroxylation is 1. The molecule has 0 saturated carbocycles. The van der Waals surface area contributed by atoms with Crippen LogP contribution in [0.2, 0.25) is 0 Å². The van der Waals surface area contributed by atoms with Gasteiger partial charge in [0.05, 0.1) is 6.10 Å². The average Bonchev–Trinajstić information content (AvgIpc) is 2.54. The van der Waals surface area contributed by atoms with E-state index in [1.165, 1.54) is 43.2 Å². The molecule has 3 heteroatoms. The smallest absolute Gasteiger partial charge is 0.0639 e. The maximum absolute atomic E-state index is 9.48. The van der Waals surface area contributed by atoms with Gasteiger partial charge in [-0.3, -0.25) is 0 Å². The van der Waals surface area contributed by atoms with Crippen LogP contribution in [0.5, 0.6) is 0 Å². The van der Waals surface area contributed by atoms with Crippen LogP contribution in [0, 0.1) is 5.92 Å². The molecule has 122 valence electrons. The molecular formula is C19H30N2O. The number of aliphatic hydroxyl groups is 1. The lowest BCUT2D eigenvalue weighted by atomic mass is 9.87. The van der Waals surface area contributed by atoms with Crippen LogP contribution in [0.25, 0.3) is 0 Å². The number of piperidine rings is 1. The second kappa shape index (κ2) is 7.58. The van der Waals surface area contributed by atoms with Crippen molar-refractivity contribution in [2.75, 3.05) is 26.2 Å². The van der Waals surface area contributed by atoms with Crippen LogP contribution < -0.4 is 5.32 Å². The Morgan fingerprint density at radius 2 is 2.00 bits per heavy atom. The first-order valence-corrected chi connectivity index (χ1v) is 8.94. The van der Waals surface area contributed by atoms with Crippen LogP contribution in [-0.2, 0) is 6.42 Å². The molecule has 0 bridgehead atoms. The van der Waals surface area contributed by atoms with Crippen LogP contribution in [-0.4, -0.2) is 42.3 Å². The first kappa shape index (κ1) is 16.0. The van der Waals surface area contributed by atoms with E-state index in [9.17, 15) is 5.11 Å². The number of β-amino-alcohol motifs (C(OH)–C–C–N with tert-alkyl or cyclic N) is 1. The van der Waals surface area contributed by atoms with Crippen molar-refractivity contribution >= 4 is 0 Å². The quantitative estimate of drug-likeness (QED) is 0.878. The maximum atomic E-state index is 9.48. The predicted octanol–water partition coefficient (Wildman–Crippen LogP) is 2.75. The van der Waals surface area contributed by atoms with Gasteiger partial charge in [-0.25, -0.2) is 0 Å². The third-order valence-electron chi connectivity index (χ3n) is 5.25. The van der Waals surface area contributed by atoms with Crippen molar-refractivity contribution in [3.8, 4) is 0 Å². The van der Waals surface area contributed by atoms with Gasteiger partial charge in [-0.15, -0.1) is 0 Å². The van der Waals surface area contributed by atoms with E-state index in [0.717, 1.165) is 32.1 Å². The lowest BCUT2D eigenvalue weighted by molar-refractivity contribution is 0.0991. The molecule has 1 aromatic carbocycles. The van der Waals surface area contributed by atoms with Crippen molar-refractivity contribution in [1.29, 1.82) is 0 Å². The number of hydrogen-bond donors (Lipinski definition) is 2. The molecule has 22 heavy (non-hydrogen) atoms. The molecule has 2 atom stereocenters. The van der Waals surface area contributed by atoms with Crippen LogP contribution >= 0.6 is 0 Å². The summed E-state index contributed by atoms with van der Waals surface area (Å²) in [6.07, 6.45) is 6.14. The summed E-state index contributed by atoms with van der Waals surface area (Å²) in [7, 11) is 0. The Labute approximate surface area is 134 Å². The highest BCUT2D eigenvalue weighted by atomic mass is 16.3. The normalized spacial score (nSPS) is 24.9. The zero-order valence-corrected chi connectivity index (χ0v) is 13.8. The van der Waals surface area contributed by atoms with E-state index in [-0.39, 0.29) is 6.10 Å². The molecule has 0 amide bonds. The Hall–Kier alpha value is -0.900. The van der Waals surface area contributed by atoms with E-state index in [4.69, 9.17) is 0 Å². The number of aliphatic hydroxyl groups excluding tert-OH is 1. The Morgan fingerprint density at radius 3 is 2.77 bits per heavy atom. The maximum Gasteiger partial charge on any atom is 0.0639 e. The standard InChI is InChI=1S/C19H30N2O/c1-15(22)14-21-11-9-16(10-12-21)13-20-19-8-4-6-17-5-2-3-7-18(17)19/h2-3,5,7,15-16,19-20,22H,4,6,8-14H2,1H3/t15-,19+/m1/s1. The summed E-state index contributed by atoms with van der Waals surface area (Å²) in [6, 6.07) is 9.49. The van der Waals surface area contributed by atoms with Gasteiger partial charge in [-0.1, -0.05) is 24.3 Å². The fourth-order valence-corrected chi connectivity index (χ4v) is 4.02. The van der Waals surface area contributed by atoms with Gasteiger partial charge in [0.15, 0.2) is 0 Å². The van der Waals surface area contributed by atoms with Crippen molar-refractivity contribution < 1.29 is 5.11 Å². The van der Waals surface area contributed by atoms with Crippen LogP contribution in [0.4, 0.5) is 0 Å². The van der Waals surface area contributed by atoms with E-state index in [0.29, 0.717) is 6.04 Å². The van der Waals surface area contributed by atoms with Gasteiger partial charge in [0.25, 0.3) is 0 Å². The summed E-state index contributed by atoms with van der Waals surface area (Å²) >= 11 is 0. The highest BCUT2D eigenvalue weighted by molar-refractivity contribution is 5.32. The van der Waals surface area contributed by atoms with E-state index < -0.39 is 0 Å². The molecule has 0 spiro atoms. The highest BCUT2D eigenvalue weighted by Gasteiger charge is 2.23. The molecule has 3 rings (SSSR count). The minimum absolute atomic E-state index is 0.201. The Morgan fingerprint density at radius 1 is 1.23 bits per heavy atom. The number of hydrogen-bond acceptors (Lipinski definition) is 3. The minimum Gasteiger partial charge on any atom is -0.392 e. The fourth-order valence-electron chi connectivity index (χ4n) is 4.02. The Kier molecular flexibility index (Phi) is 5.51. The van der Waals surface area contributed by atoms with Gasteiger partial charge in [0.2, 0.25) is 0 Å². The lowest BCUT2D eigenvalue weighted by Crippen LogP contribution is -2.41. The highest BCUT2D eigenvalue weighted by Crippen LogP contribution is 2.30. The minimum atomic E-state index is -0.201. The van der Waals surface area contributed by atoms with E-state index in [1.807, 2.05) is 6.92 Å². The zero-order valence-electron chi connectivity index (χ0n) is 13.8. The first-order chi connectivity index (χ1) is 10.7. The summed E-state index contributed by atoms with van der Waals surface area (Å²) < 4.78 is 0. The number of rotatable bonds is 5. The van der Waals surface area contributed by atoms with Gasteiger partial charge in [0, 0.05) is 12.6 Å². The topological polar surface area (TPSA) is 35.5 Å².